The van der Waals surface area contributed by atoms with Crippen molar-refractivity contribution in [2.75, 3.05) is 19.0 Å². The van der Waals surface area contributed by atoms with Gasteiger partial charge in [0.1, 0.15) is 5.75 Å². The molecule has 2 aromatic carbocycles. The summed E-state index contributed by atoms with van der Waals surface area (Å²) in [6.07, 6.45) is 0.930. The molecule has 0 bridgehead atoms. The molecule has 0 aromatic heterocycles. The molecule has 0 amide bonds. The lowest BCUT2D eigenvalue weighted by molar-refractivity contribution is 0.354. The summed E-state index contributed by atoms with van der Waals surface area (Å²) in [4.78, 5) is 0. The van der Waals surface area contributed by atoms with Gasteiger partial charge in [-0.05, 0) is 29.8 Å². The minimum absolute atomic E-state index is 0.243. The number of nitrogens with one attached hydrogen (secondary N) is 1. The summed E-state index contributed by atoms with van der Waals surface area (Å²) < 4.78 is 25.3. The number of hydrogen-bond acceptors (Lipinski definition) is 3. The highest BCUT2D eigenvalue weighted by Gasteiger charge is 2.17. The van der Waals surface area contributed by atoms with E-state index in [-0.39, 0.29) is 11.6 Å². The van der Waals surface area contributed by atoms with Gasteiger partial charge in [-0.15, -0.1) is 0 Å². The highest BCUT2D eigenvalue weighted by Crippen LogP contribution is 2.33. The van der Waals surface area contributed by atoms with Gasteiger partial charge in [0.25, 0.3) is 0 Å². The van der Waals surface area contributed by atoms with E-state index in [1.165, 1.54) is 18.7 Å². The molecule has 2 aromatic rings. The second kappa shape index (κ2) is 5.93. The lowest BCUT2D eigenvalue weighted by Gasteiger charge is -2.12. The fourth-order valence-corrected chi connectivity index (χ4v) is 3.00. The predicted molar refractivity (Wildman–Crippen MR) is 83.6 cm³/mol. The molecule has 3 nitrogen and oxygen atoms in total. The average Bonchev–Trinajstić information content (AvgIpc) is 2.93. The minimum atomic E-state index is -0.377. The van der Waals surface area contributed by atoms with E-state index in [9.17, 15) is 4.39 Å². The average molecular weight is 352 g/mol. The van der Waals surface area contributed by atoms with E-state index in [1.807, 2.05) is 6.07 Å². The van der Waals surface area contributed by atoms with Gasteiger partial charge >= 0.3 is 0 Å². The van der Waals surface area contributed by atoms with E-state index in [0.717, 1.165) is 28.8 Å². The standard InChI is InChI=1S/C16H15BrFNO2/c1-20-15-3-2-13(8-14(15)18)19-9-11-7-12(17)6-10-4-5-21-16(10)11/h2-3,6-8,19H,4-5,9H2,1H3. The van der Waals surface area contributed by atoms with Gasteiger partial charge in [0.15, 0.2) is 11.6 Å². The summed E-state index contributed by atoms with van der Waals surface area (Å²) in [7, 11) is 1.45. The summed E-state index contributed by atoms with van der Waals surface area (Å²) in [5.74, 6) is 0.810. The molecule has 1 aliphatic rings. The zero-order valence-corrected chi connectivity index (χ0v) is 13.2. The molecular weight excluding hydrogens is 337 g/mol. The van der Waals surface area contributed by atoms with Crippen molar-refractivity contribution in [2.45, 2.75) is 13.0 Å². The minimum Gasteiger partial charge on any atom is -0.494 e. The van der Waals surface area contributed by atoms with Gasteiger partial charge in [0, 0.05) is 34.8 Å². The molecule has 1 aliphatic heterocycles. The smallest absolute Gasteiger partial charge is 0.167 e. The van der Waals surface area contributed by atoms with Crippen LogP contribution in [0.1, 0.15) is 11.1 Å². The van der Waals surface area contributed by atoms with Gasteiger partial charge in [0.05, 0.1) is 13.7 Å². The first-order valence-electron chi connectivity index (χ1n) is 6.69. The molecule has 0 radical (unpaired) electrons. The third-order valence-electron chi connectivity index (χ3n) is 3.46. The Balaban J connectivity index is 1.78. The maximum Gasteiger partial charge on any atom is 0.167 e. The van der Waals surface area contributed by atoms with Crippen molar-refractivity contribution in [1.29, 1.82) is 0 Å². The summed E-state index contributed by atoms with van der Waals surface area (Å²) >= 11 is 3.51. The third-order valence-corrected chi connectivity index (χ3v) is 3.92. The molecule has 0 fully saturated rings. The molecule has 0 unspecified atom stereocenters. The van der Waals surface area contributed by atoms with Gasteiger partial charge in [-0.25, -0.2) is 4.39 Å². The van der Waals surface area contributed by atoms with Crippen LogP contribution in [0.15, 0.2) is 34.8 Å². The van der Waals surface area contributed by atoms with E-state index in [2.05, 4.69) is 27.3 Å². The van der Waals surface area contributed by atoms with Crippen molar-refractivity contribution in [1.82, 2.24) is 0 Å². The van der Waals surface area contributed by atoms with Crippen LogP contribution < -0.4 is 14.8 Å². The molecule has 21 heavy (non-hydrogen) atoms. The van der Waals surface area contributed by atoms with Gasteiger partial charge in [-0.1, -0.05) is 15.9 Å². The number of rotatable bonds is 4. The third kappa shape index (κ3) is 2.97. The number of anilines is 1. The Morgan fingerprint density at radius 1 is 1.33 bits per heavy atom. The van der Waals surface area contributed by atoms with Gasteiger partial charge in [-0.3, -0.25) is 0 Å². The first kappa shape index (κ1) is 14.2. The van der Waals surface area contributed by atoms with Crippen LogP contribution in [0.5, 0.6) is 11.5 Å². The largest absolute Gasteiger partial charge is 0.494 e. The molecule has 0 saturated carbocycles. The fraction of sp³-hybridized carbons (Fsp3) is 0.250. The van der Waals surface area contributed by atoms with Crippen LogP contribution in [0.4, 0.5) is 10.1 Å². The van der Waals surface area contributed by atoms with Gasteiger partial charge in [-0.2, -0.15) is 0 Å². The SMILES string of the molecule is COc1ccc(NCc2cc(Br)cc3c2OCC3)cc1F. The second-order valence-corrected chi connectivity index (χ2v) is 5.77. The number of hydrogen-bond donors (Lipinski definition) is 1. The molecule has 5 heteroatoms. The van der Waals surface area contributed by atoms with E-state index in [0.29, 0.717) is 12.2 Å². The van der Waals surface area contributed by atoms with Crippen LogP contribution in [0.25, 0.3) is 0 Å². The molecule has 1 heterocycles. The van der Waals surface area contributed by atoms with Crippen molar-refractivity contribution < 1.29 is 13.9 Å². The van der Waals surface area contributed by atoms with E-state index in [1.54, 1.807) is 12.1 Å². The topological polar surface area (TPSA) is 30.5 Å². The van der Waals surface area contributed by atoms with Crippen molar-refractivity contribution in [3.63, 3.8) is 0 Å². The lowest BCUT2D eigenvalue weighted by Crippen LogP contribution is -2.02. The maximum absolute atomic E-state index is 13.7. The molecule has 0 atom stereocenters. The van der Waals surface area contributed by atoms with Gasteiger partial charge < -0.3 is 14.8 Å². The van der Waals surface area contributed by atoms with Crippen LogP contribution >= 0.6 is 15.9 Å². The predicted octanol–water partition coefficient (Wildman–Crippen LogP) is 4.14. The molecule has 0 aliphatic carbocycles. The van der Waals surface area contributed by atoms with Crippen molar-refractivity contribution >= 4 is 21.6 Å². The monoisotopic (exact) mass is 351 g/mol. The maximum atomic E-state index is 13.7. The Kier molecular flexibility index (Phi) is 4.01. The highest BCUT2D eigenvalue weighted by atomic mass is 79.9. The summed E-state index contributed by atoms with van der Waals surface area (Å²) in [5.41, 5.74) is 2.98. The van der Waals surface area contributed by atoms with Crippen LogP contribution in [-0.2, 0) is 13.0 Å². The second-order valence-electron chi connectivity index (χ2n) is 4.85. The zero-order valence-electron chi connectivity index (χ0n) is 11.6. The zero-order chi connectivity index (χ0) is 14.8. The summed E-state index contributed by atoms with van der Waals surface area (Å²) in [6, 6.07) is 8.94. The van der Waals surface area contributed by atoms with Crippen molar-refractivity contribution in [3.05, 3.63) is 51.7 Å². The molecule has 1 N–H and O–H groups in total. The Morgan fingerprint density at radius 2 is 2.19 bits per heavy atom. The number of benzene rings is 2. The number of ether oxygens (including phenoxy) is 2. The van der Waals surface area contributed by atoms with E-state index >= 15 is 0 Å². The van der Waals surface area contributed by atoms with E-state index < -0.39 is 0 Å². The number of fused-ring (bicyclic) bond motifs is 1. The van der Waals surface area contributed by atoms with Crippen molar-refractivity contribution in [3.8, 4) is 11.5 Å². The van der Waals surface area contributed by atoms with E-state index in [4.69, 9.17) is 9.47 Å². The number of halogens is 2. The first-order valence-corrected chi connectivity index (χ1v) is 7.48. The highest BCUT2D eigenvalue weighted by molar-refractivity contribution is 9.10. The Bertz CT molecular complexity index is 676. The molecular formula is C16H15BrFNO2. The Labute approximate surface area is 131 Å². The normalized spacial score (nSPS) is 12.7. The molecule has 110 valence electrons. The quantitative estimate of drug-likeness (QED) is 0.897. The summed E-state index contributed by atoms with van der Waals surface area (Å²) in [5, 5.41) is 3.21. The van der Waals surface area contributed by atoms with Gasteiger partial charge in [0.2, 0.25) is 0 Å². The fourth-order valence-electron chi connectivity index (χ4n) is 2.45. The first-order chi connectivity index (χ1) is 10.2. The molecule has 0 saturated heterocycles. The van der Waals surface area contributed by atoms with Crippen LogP contribution in [-0.4, -0.2) is 13.7 Å². The Hall–Kier alpha value is -1.75. The Morgan fingerprint density at radius 3 is 2.95 bits per heavy atom. The molecule has 3 rings (SSSR count). The van der Waals surface area contributed by atoms with Crippen LogP contribution in [0.3, 0.4) is 0 Å². The van der Waals surface area contributed by atoms with Crippen LogP contribution in [0, 0.1) is 5.82 Å². The summed E-state index contributed by atoms with van der Waals surface area (Å²) in [6.45, 7) is 1.30. The molecule has 0 spiro atoms. The van der Waals surface area contributed by atoms with Crippen molar-refractivity contribution in [2.24, 2.45) is 0 Å². The van der Waals surface area contributed by atoms with Crippen LogP contribution in [0.2, 0.25) is 0 Å². The lowest BCUT2D eigenvalue weighted by atomic mass is 10.1. The number of methoxy groups -OCH3 is 1.